The number of carbonyl (C=O) groups is 1. The average Bonchev–Trinajstić information content (AvgIpc) is 3.21. The molecule has 0 fully saturated rings. The summed E-state index contributed by atoms with van der Waals surface area (Å²) in [6.45, 7) is 0.949. The van der Waals surface area contributed by atoms with Crippen molar-refractivity contribution in [2.45, 2.75) is 13.1 Å². The Morgan fingerprint density at radius 2 is 1.77 bits per heavy atom. The van der Waals surface area contributed by atoms with Crippen LogP contribution in [0.3, 0.4) is 0 Å². The molecule has 0 aliphatic heterocycles. The van der Waals surface area contributed by atoms with Gasteiger partial charge < -0.3 is 20.4 Å². The number of benzene rings is 3. The number of aromatic hydroxyl groups is 2. The molecule has 0 aliphatic rings. The summed E-state index contributed by atoms with van der Waals surface area (Å²) in [5.41, 5.74) is 1.80. The first-order chi connectivity index (χ1) is 16.8. The second-order valence-electron chi connectivity index (χ2n) is 7.99. The van der Waals surface area contributed by atoms with E-state index in [1.165, 1.54) is 15.5 Å². The van der Waals surface area contributed by atoms with Crippen molar-refractivity contribution in [2.24, 2.45) is 0 Å². The quantitative estimate of drug-likeness (QED) is 0.313. The fourth-order valence-electron chi connectivity index (χ4n) is 3.87. The lowest BCUT2D eigenvalue weighted by molar-refractivity contribution is 0.0782. The second-order valence-corrected chi connectivity index (χ2v) is 8.39. The predicted octanol–water partition coefficient (Wildman–Crippen LogP) is 3.28. The largest absolute Gasteiger partial charge is 0.507 e. The minimum atomic E-state index is -0.577. The highest BCUT2D eigenvalue weighted by Gasteiger charge is 2.24. The Hall–Kier alpha value is -4.08. The third-order valence-electron chi connectivity index (χ3n) is 5.59. The monoisotopic (exact) mass is 493 g/mol. The first kappa shape index (κ1) is 24.1. The summed E-state index contributed by atoms with van der Waals surface area (Å²) in [4.78, 5) is 27.3. The summed E-state index contributed by atoms with van der Waals surface area (Å²) in [6.07, 6.45) is 0. The highest BCUT2D eigenvalue weighted by atomic mass is 35.5. The van der Waals surface area contributed by atoms with Gasteiger partial charge in [0.25, 0.3) is 5.91 Å². The smallest absolute Gasteiger partial charge is 0.348 e. The maximum Gasteiger partial charge on any atom is 0.348 e. The van der Waals surface area contributed by atoms with E-state index in [2.05, 4.69) is 15.5 Å². The molecule has 1 heterocycles. The molecule has 1 amide bonds. The Balaban J connectivity index is 1.73. The third-order valence-corrected chi connectivity index (χ3v) is 5.91. The van der Waals surface area contributed by atoms with Gasteiger partial charge in [0.1, 0.15) is 11.5 Å². The number of phenols is 2. The molecule has 4 aromatic rings. The summed E-state index contributed by atoms with van der Waals surface area (Å²) >= 11 is 6.28. The number of nitrogens with zero attached hydrogens (tertiary/aromatic N) is 3. The van der Waals surface area contributed by atoms with Crippen LogP contribution in [0.5, 0.6) is 11.5 Å². The molecule has 35 heavy (non-hydrogen) atoms. The van der Waals surface area contributed by atoms with Gasteiger partial charge in [-0.2, -0.15) is 5.10 Å². The standard InChI is InChI=1S/C25H24ClN5O4/c1-27-13-15-7-3-4-8-16(15)14-30(2)24(34)18-11-17(21(32)12-22(18)33)23-28-29-25(35)31(23)20-10-6-5-9-19(20)26/h3-12,27,32-33H,13-14H2,1-2H3,(H,29,35). The lowest BCUT2D eigenvalue weighted by Gasteiger charge is -2.20. The molecule has 1 aromatic heterocycles. The molecule has 0 saturated carbocycles. The Bertz CT molecular complexity index is 1450. The van der Waals surface area contributed by atoms with Crippen LogP contribution in [-0.4, -0.2) is 49.9 Å². The third kappa shape index (κ3) is 4.77. The van der Waals surface area contributed by atoms with Gasteiger partial charge in [0, 0.05) is 26.2 Å². The number of hydrogen-bond acceptors (Lipinski definition) is 6. The van der Waals surface area contributed by atoms with Crippen LogP contribution in [0.15, 0.2) is 65.5 Å². The van der Waals surface area contributed by atoms with E-state index in [1.54, 1.807) is 31.3 Å². The zero-order valence-corrected chi connectivity index (χ0v) is 19.9. The summed E-state index contributed by atoms with van der Waals surface area (Å²) in [7, 11) is 3.47. The number of aromatic amines is 1. The van der Waals surface area contributed by atoms with Crippen LogP contribution in [0.2, 0.25) is 5.02 Å². The van der Waals surface area contributed by atoms with Crippen LogP contribution in [0, 0.1) is 0 Å². The minimum Gasteiger partial charge on any atom is -0.507 e. The average molecular weight is 494 g/mol. The van der Waals surface area contributed by atoms with E-state index in [-0.39, 0.29) is 22.7 Å². The van der Waals surface area contributed by atoms with Crippen molar-refractivity contribution >= 4 is 17.5 Å². The van der Waals surface area contributed by atoms with Gasteiger partial charge in [-0.1, -0.05) is 48.0 Å². The Kier molecular flexibility index (Phi) is 6.90. The second kappa shape index (κ2) is 10.0. The van der Waals surface area contributed by atoms with Crippen molar-refractivity contribution in [3.63, 3.8) is 0 Å². The molecule has 4 rings (SSSR count). The van der Waals surface area contributed by atoms with Crippen molar-refractivity contribution in [1.29, 1.82) is 0 Å². The van der Waals surface area contributed by atoms with Gasteiger partial charge in [-0.05, 0) is 36.4 Å². The summed E-state index contributed by atoms with van der Waals surface area (Å²) < 4.78 is 1.19. The fraction of sp³-hybridized carbons (Fsp3) is 0.160. The van der Waals surface area contributed by atoms with Gasteiger partial charge in [-0.3, -0.25) is 4.79 Å². The van der Waals surface area contributed by atoms with E-state index in [0.717, 1.165) is 17.2 Å². The van der Waals surface area contributed by atoms with E-state index >= 15 is 0 Å². The molecular formula is C25H24ClN5O4. The molecule has 0 saturated heterocycles. The Morgan fingerprint density at radius 1 is 1.09 bits per heavy atom. The summed E-state index contributed by atoms with van der Waals surface area (Å²) in [5.74, 6) is -1.18. The molecule has 0 unspecified atom stereocenters. The van der Waals surface area contributed by atoms with Gasteiger partial charge in [0.15, 0.2) is 5.82 Å². The topological polar surface area (TPSA) is 123 Å². The van der Waals surface area contributed by atoms with Crippen LogP contribution in [0.1, 0.15) is 21.5 Å². The summed E-state index contributed by atoms with van der Waals surface area (Å²) in [6, 6.07) is 16.8. The van der Waals surface area contributed by atoms with E-state index in [4.69, 9.17) is 11.6 Å². The van der Waals surface area contributed by atoms with E-state index in [0.29, 0.717) is 23.8 Å². The number of amides is 1. The van der Waals surface area contributed by atoms with Gasteiger partial charge in [0.2, 0.25) is 0 Å². The number of para-hydroxylation sites is 1. The van der Waals surface area contributed by atoms with E-state index in [9.17, 15) is 19.8 Å². The molecule has 10 heteroatoms. The SMILES string of the molecule is CNCc1ccccc1CN(C)C(=O)c1cc(-c2n[nH]c(=O)n2-c2ccccc2Cl)c(O)cc1O. The Labute approximate surface area is 206 Å². The molecule has 0 spiro atoms. The van der Waals surface area contributed by atoms with E-state index < -0.39 is 17.3 Å². The first-order valence-corrected chi connectivity index (χ1v) is 11.1. The lowest BCUT2D eigenvalue weighted by atomic mass is 10.0. The van der Waals surface area contributed by atoms with Crippen LogP contribution in [0.4, 0.5) is 0 Å². The first-order valence-electron chi connectivity index (χ1n) is 10.8. The zero-order chi connectivity index (χ0) is 25.1. The number of nitrogens with one attached hydrogen (secondary N) is 2. The fourth-order valence-corrected chi connectivity index (χ4v) is 4.09. The zero-order valence-electron chi connectivity index (χ0n) is 19.1. The van der Waals surface area contributed by atoms with Gasteiger partial charge in [-0.15, -0.1) is 0 Å². The highest BCUT2D eigenvalue weighted by molar-refractivity contribution is 6.32. The minimum absolute atomic E-state index is 0.0386. The molecular weight excluding hydrogens is 470 g/mol. The molecule has 0 bridgehead atoms. The maximum atomic E-state index is 13.3. The van der Waals surface area contributed by atoms with Crippen LogP contribution in [0.25, 0.3) is 17.1 Å². The molecule has 0 atom stereocenters. The van der Waals surface area contributed by atoms with Crippen molar-refractivity contribution in [3.05, 3.63) is 92.9 Å². The Morgan fingerprint density at radius 3 is 2.49 bits per heavy atom. The van der Waals surface area contributed by atoms with E-state index in [1.807, 2.05) is 31.3 Å². The maximum absolute atomic E-state index is 13.3. The highest BCUT2D eigenvalue weighted by Crippen LogP contribution is 2.35. The number of phenolic OH excluding ortho intramolecular Hbond substituents is 2. The number of hydrogen-bond donors (Lipinski definition) is 4. The van der Waals surface area contributed by atoms with Gasteiger partial charge in [-0.25, -0.2) is 14.5 Å². The molecule has 0 radical (unpaired) electrons. The predicted molar refractivity (Wildman–Crippen MR) is 133 cm³/mol. The number of carbonyl (C=O) groups excluding carboxylic acids is 1. The molecule has 180 valence electrons. The number of H-pyrrole nitrogens is 1. The van der Waals surface area contributed by atoms with Crippen LogP contribution < -0.4 is 11.0 Å². The number of rotatable bonds is 7. The van der Waals surface area contributed by atoms with Crippen molar-refractivity contribution < 1.29 is 15.0 Å². The molecule has 0 aliphatic carbocycles. The molecule has 9 nitrogen and oxygen atoms in total. The van der Waals surface area contributed by atoms with Crippen LogP contribution in [-0.2, 0) is 13.1 Å². The molecule has 4 N–H and O–H groups in total. The van der Waals surface area contributed by atoms with Crippen LogP contribution >= 0.6 is 11.6 Å². The normalized spacial score (nSPS) is 10.9. The number of aromatic nitrogens is 3. The van der Waals surface area contributed by atoms with Gasteiger partial charge in [0.05, 0.1) is 21.8 Å². The van der Waals surface area contributed by atoms with Crippen molar-refractivity contribution in [2.75, 3.05) is 14.1 Å². The lowest BCUT2D eigenvalue weighted by Crippen LogP contribution is -2.27. The van der Waals surface area contributed by atoms with Crippen molar-refractivity contribution in [1.82, 2.24) is 25.0 Å². The molecule has 3 aromatic carbocycles. The van der Waals surface area contributed by atoms with Gasteiger partial charge >= 0.3 is 5.69 Å². The van der Waals surface area contributed by atoms with Crippen molar-refractivity contribution in [3.8, 4) is 28.6 Å². The summed E-state index contributed by atoms with van der Waals surface area (Å²) in [5, 5.41) is 30.8. The number of halogens is 1.